The molecular formula is C8H13N3O. The Kier molecular flexibility index (Phi) is 1.77. The molecule has 1 atom stereocenters. The van der Waals surface area contributed by atoms with Gasteiger partial charge in [0.25, 0.3) is 0 Å². The summed E-state index contributed by atoms with van der Waals surface area (Å²) < 4.78 is 0. The van der Waals surface area contributed by atoms with E-state index in [0.717, 1.165) is 18.4 Å². The molecule has 0 spiro atoms. The Morgan fingerprint density at radius 1 is 1.67 bits per heavy atom. The van der Waals surface area contributed by atoms with Gasteiger partial charge in [0.1, 0.15) is 5.82 Å². The van der Waals surface area contributed by atoms with Gasteiger partial charge in [0, 0.05) is 5.56 Å². The first-order valence-electron chi connectivity index (χ1n) is 4.26. The summed E-state index contributed by atoms with van der Waals surface area (Å²) in [5.41, 5.74) is 6.33. The van der Waals surface area contributed by atoms with E-state index in [0.29, 0.717) is 11.7 Å². The lowest BCUT2D eigenvalue weighted by molar-refractivity contribution is 0.0627. The van der Waals surface area contributed by atoms with Crippen molar-refractivity contribution in [1.82, 2.24) is 10.2 Å². The fourth-order valence-corrected chi connectivity index (χ4v) is 1.55. The van der Waals surface area contributed by atoms with Gasteiger partial charge in [-0.1, -0.05) is 6.42 Å². The van der Waals surface area contributed by atoms with Crippen molar-refractivity contribution in [2.75, 3.05) is 5.73 Å². The first-order chi connectivity index (χ1) is 5.79. The number of hydrogen-bond donors (Lipinski definition) is 3. The standard InChI is InChI=1S/C8H13N3O/c9-8-6(4-10-11-8)7(12)5-2-1-3-5/h4-5,7,12H,1-3H2,(H3,9,10,11). The number of aliphatic hydroxyl groups excluding tert-OH is 1. The molecule has 1 aromatic heterocycles. The van der Waals surface area contributed by atoms with Crippen LogP contribution in [0.4, 0.5) is 5.82 Å². The van der Waals surface area contributed by atoms with Gasteiger partial charge in [-0.2, -0.15) is 5.10 Å². The zero-order valence-electron chi connectivity index (χ0n) is 6.83. The molecule has 0 saturated heterocycles. The summed E-state index contributed by atoms with van der Waals surface area (Å²) in [4.78, 5) is 0. The molecule has 1 aromatic rings. The monoisotopic (exact) mass is 167 g/mol. The summed E-state index contributed by atoms with van der Waals surface area (Å²) in [7, 11) is 0. The quantitative estimate of drug-likeness (QED) is 0.610. The number of anilines is 1. The van der Waals surface area contributed by atoms with Crippen LogP contribution in [0.5, 0.6) is 0 Å². The maximum absolute atomic E-state index is 9.77. The topological polar surface area (TPSA) is 74.9 Å². The zero-order chi connectivity index (χ0) is 8.55. The average molecular weight is 167 g/mol. The van der Waals surface area contributed by atoms with E-state index >= 15 is 0 Å². The minimum absolute atomic E-state index is 0.393. The van der Waals surface area contributed by atoms with Gasteiger partial charge in [-0.3, -0.25) is 5.10 Å². The summed E-state index contributed by atoms with van der Waals surface area (Å²) in [6, 6.07) is 0. The Morgan fingerprint density at radius 2 is 2.42 bits per heavy atom. The first-order valence-corrected chi connectivity index (χ1v) is 4.26. The molecule has 0 amide bonds. The molecule has 1 saturated carbocycles. The molecule has 4 nitrogen and oxygen atoms in total. The predicted octanol–water partition coefficient (Wildman–Crippen LogP) is 0.825. The van der Waals surface area contributed by atoms with Gasteiger partial charge in [-0.05, 0) is 18.8 Å². The second kappa shape index (κ2) is 2.79. The number of aromatic nitrogens is 2. The lowest BCUT2D eigenvalue weighted by Crippen LogP contribution is -2.20. The van der Waals surface area contributed by atoms with E-state index in [2.05, 4.69) is 10.2 Å². The molecular weight excluding hydrogens is 154 g/mol. The molecule has 2 rings (SSSR count). The number of aliphatic hydroxyl groups is 1. The van der Waals surface area contributed by atoms with Crippen molar-refractivity contribution in [3.63, 3.8) is 0 Å². The van der Waals surface area contributed by atoms with E-state index in [-0.39, 0.29) is 0 Å². The molecule has 0 bridgehead atoms. The second-order valence-corrected chi connectivity index (χ2v) is 3.37. The number of nitrogen functional groups attached to an aromatic ring is 1. The number of H-pyrrole nitrogens is 1. The Hall–Kier alpha value is -1.03. The normalized spacial score (nSPS) is 20.4. The molecule has 1 unspecified atom stereocenters. The maximum Gasteiger partial charge on any atom is 0.124 e. The molecule has 1 fully saturated rings. The Labute approximate surface area is 70.8 Å². The van der Waals surface area contributed by atoms with Crippen molar-refractivity contribution < 1.29 is 5.11 Å². The molecule has 1 aliphatic carbocycles. The van der Waals surface area contributed by atoms with Crippen LogP contribution in [0.15, 0.2) is 6.20 Å². The summed E-state index contributed by atoms with van der Waals surface area (Å²) in [5.74, 6) is 0.888. The van der Waals surface area contributed by atoms with Crippen LogP contribution >= 0.6 is 0 Å². The fraction of sp³-hybridized carbons (Fsp3) is 0.625. The Morgan fingerprint density at radius 3 is 2.83 bits per heavy atom. The smallest absolute Gasteiger partial charge is 0.124 e. The molecule has 0 aromatic carbocycles. The summed E-state index contributed by atoms with van der Waals surface area (Å²) in [6.45, 7) is 0. The predicted molar refractivity (Wildman–Crippen MR) is 45.3 cm³/mol. The lowest BCUT2D eigenvalue weighted by atomic mass is 9.79. The van der Waals surface area contributed by atoms with Crippen LogP contribution in [0.3, 0.4) is 0 Å². The van der Waals surface area contributed by atoms with Crippen LogP contribution in [0.25, 0.3) is 0 Å². The summed E-state index contributed by atoms with van der Waals surface area (Å²) in [6.07, 6.45) is 4.62. The zero-order valence-corrected chi connectivity index (χ0v) is 6.83. The SMILES string of the molecule is Nc1[nH]ncc1C(O)C1CCC1. The highest BCUT2D eigenvalue weighted by atomic mass is 16.3. The minimum Gasteiger partial charge on any atom is -0.388 e. The van der Waals surface area contributed by atoms with Crippen molar-refractivity contribution in [3.05, 3.63) is 11.8 Å². The minimum atomic E-state index is -0.419. The first kappa shape index (κ1) is 7.61. The molecule has 1 aliphatic rings. The van der Waals surface area contributed by atoms with Crippen LogP contribution in [-0.4, -0.2) is 15.3 Å². The highest BCUT2D eigenvalue weighted by Gasteiger charge is 2.28. The largest absolute Gasteiger partial charge is 0.388 e. The number of nitrogens with two attached hydrogens (primary N) is 1. The molecule has 4 heteroatoms. The van der Waals surface area contributed by atoms with Crippen LogP contribution in [-0.2, 0) is 0 Å². The third-order valence-electron chi connectivity index (χ3n) is 2.61. The number of nitrogens with zero attached hydrogens (tertiary/aromatic N) is 1. The van der Waals surface area contributed by atoms with Gasteiger partial charge in [0.05, 0.1) is 12.3 Å². The van der Waals surface area contributed by atoms with Gasteiger partial charge in [0.15, 0.2) is 0 Å². The Balaban J connectivity index is 2.13. The maximum atomic E-state index is 9.77. The van der Waals surface area contributed by atoms with Gasteiger partial charge in [-0.25, -0.2) is 0 Å². The highest BCUT2D eigenvalue weighted by molar-refractivity contribution is 5.38. The van der Waals surface area contributed by atoms with Gasteiger partial charge in [-0.15, -0.1) is 0 Å². The molecule has 0 radical (unpaired) electrons. The van der Waals surface area contributed by atoms with Crippen molar-refractivity contribution in [2.24, 2.45) is 5.92 Å². The van der Waals surface area contributed by atoms with E-state index in [9.17, 15) is 5.11 Å². The van der Waals surface area contributed by atoms with Gasteiger partial charge in [0.2, 0.25) is 0 Å². The fourth-order valence-electron chi connectivity index (χ4n) is 1.55. The van der Waals surface area contributed by atoms with E-state index in [1.54, 1.807) is 6.20 Å². The van der Waals surface area contributed by atoms with Crippen LogP contribution in [0.2, 0.25) is 0 Å². The van der Waals surface area contributed by atoms with Crippen LogP contribution < -0.4 is 5.73 Å². The summed E-state index contributed by atoms with van der Waals surface area (Å²) >= 11 is 0. The number of aromatic amines is 1. The van der Waals surface area contributed by atoms with E-state index < -0.39 is 6.10 Å². The third-order valence-corrected chi connectivity index (χ3v) is 2.61. The van der Waals surface area contributed by atoms with Crippen LogP contribution in [0, 0.1) is 5.92 Å². The van der Waals surface area contributed by atoms with E-state index in [1.165, 1.54) is 6.42 Å². The molecule has 4 N–H and O–H groups in total. The molecule has 0 aliphatic heterocycles. The van der Waals surface area contributed by atoms with Crippen molar-refractivity contribution in [1.29, 1.82) is 0 Å². The number of nitrogens with one attached hydrogen (secondary N) is 1. The second-order valence-electron chi connectivity index (χ2n) is 3.37. The Bertz CT molecular complexity index is 267. The lowest BCUT2D eigenvalue weighted by Gasteiger charge is -2.29. The number of hydrogen-bond acceptors (Lipinski definition) is 3. The average Bonchev–Trinajstić information content (AvgIpc) is 2.31. The highest BCUT2D eigenvalue weighted by Crippen LogP contribution is 2.38. The van der Waals surface area contributed by atoms with Crippen molar-refractivity contribution in [2.45, 2.75) is 25.4 Å². The summed E-state index contributed by atoms with van der Waals surface area (Å²) in [5, 5.41) is 16.2. The van der Waals surface area contributed by atoms with Gasteiger partial charge >= 0.3 is 0 Å². The van der Waals surface area contributed by atoms with Gasteiger partial charge < -0.3 is 10.8 Å². The molecule has 1 heterocycles. The number of rotatable bonds is 2. The van der Waals surface area contributed by atoms with E-state index in [1.807, 2.05) is 0 Å². The van der Waals surface area contributed by atoms with Crippen molar-refractivity contribution in [3.8, 4) is 0 Å². The van der Waals surface area contributed by atoms with Crippen molar-refractivity contribution >= 4 is 5.82 Å². The molecule has 12 heavy (non-hydrogen) atoms. The molecule has 66 valence electrons. The van der Waals surface area contributed by atoms with Crippen LogP contribution in [0.1, 0.15) is 30.9 Å². The van der Waals surface area contributed by atoms with E-state index in [4.69, 9.17) is 5.73 Å². The third kappa shape index (κ3) is 1.08.